The molecule has 3 aromatic rings. The first-order chi connectivity index (χ1) is 15.5. The molecule has 0 saturated carbocycles. The molecule has 1 aromatic heterocycles. The van der Waals surface area contributed by atoms with E-state index >= 15 is 0 Å². The maximum Gasteiger partial charge on any atom is 0.261 e. The van der Waals surface area contributed by atoms with Gasteiger partial charge in [-0.25, -0.2) is 4.98 Å². The van der Waals surface area contributed by atoms with Crippen molar-refractivity contribution < 1.29 is 4.79 Å². The second kappa shape index (κ2) is 9.27. The summed E-state index contributed by atoms with van der Waals surface area (Å²) in [7, 11) is 0. The molecule has 4 rings (SSSR count). The normalized spacial score (nSPS) is 18.5. The average molecular weight is 432 g/mol. The SMILES string of the molecule is CCCCC1CC(CC)n2c1nc1c(C(C)Nc3ccccc3C=O)cc(C)cc1c2=O. The first-order valence-electron chi connectivity index (χ1n) is 11.9. The van der Waals surface area contributed by atoms with E-state index in [2.05, 4.69) is 32.2 Å². The van der Waals surface area contributed by atoms with Crippen molar-refractivity contribution in [3.05, 3.63) is 69.3 Å². The third-order valence-corrected chi connectivity index (χ3v) is 6.80. The van der Waals surface area contributed by atoms with Gasteiger partial charge in [-0.15, -0.1) is 0 Å². The monoisotopic (exact) mass is 431 g/mol. The molecule has 168 valence electrons. The van der Waals surface area contributed by atoms with Crippen LogP contribution in [0.4, 0.5) is 5.69 Å². The molecular weight excluding hydrogens is 398 g/mol. The zero-order valence-electron chi connectivity index (χ0n) is 19.5. The first-order valence-corrected chi connectivity index (χ1v) is 11.9. The molecule has 5 heteroatoms. The van der Waals surface area contributed by atoms with Gasteiger partial charge in [0.1, 0.15) is 5.82 Å². The Balaban J connectivity index is 1.85. The first kappa shape index (κ1) is 22.3. The molecule has 0 radical (unpaired) electrons. The lowest BCUT2D eigenvalue weighted by Crippen LogP contribution is -2.25. The minimum Gasteiger partial charge on any atom is -0.378 e. The van der Waals surface area contributed by atoms with Crippen LogP contribution in [0, 0.1) is 6.92 Å². The van der Waals surface area contributed by atoms with E-state index in [4.69, 9.17) is 4.98 Å². The molecule has 0 fully saturated rings. The number of aryl methyl sites for hydroxylation is 1. The third kappa shape index (κ3) is 3.96. The van der Waals surface area contributed by atoms with Crippen LogP contribution in [0.2, 0.25) is 0 Å². The highest BCUT2D eigenvalue weighted by Gasteiger charge is 2.33. The lowest BCUT2D eigenvalue weighted by atomic mass is 9.96. The number of para-hydroxylation sites is 1. The van der Waals surface area contributed by atoms with Crippen molar-refractivity contribution >= 4 is 22.9 Å². The van der Waals surface area contributed by atoms with Crippen molar-refractivity contribution in [2.75, 3.05) is 5.32 Å². The molecule has 1 N–H and O–H groups in total. The molecule has 3 unspecified atom stereocenters. The second-order valence-corrected chi connectivity index (χ2v) is 9.10. The van der Waals surface area contributed by atoms with Gasteiger partial charge in [-0.05, 0) is 56.9 Å². The van der Waals surface area contributed by atoms with Crippen LogP contribution in [0.3, 0.4) is 0 Å². The molecule has 1 aliphatic heterocycles. The molecule has 2 aromatic carbocycles. The third-order valence-electron chi connectivity index (χ3n) is 6.80. The molecule has 0 bridgehead atoms. The molecule has 3 atom stereocenters. The second-order valence-electron chi connectivity index (χ2n) is 9.10. The maximum atomic E-state index is 13.7. The Morgan fingerprint density at radius 3 is 2.75 bits per heavy atom. The van der Waals surface area contributed by atoms with Gasteiger partial charge in [0.2, 0.25) is 0 Å². The number of aromatic nitrogens is 2. The highest BCUT2D eigenvalue weighted by Crippen LogP contribution is 2.40. The number of unbranched alkanes of at least 4 members (excludes halogenated alkanes) is 1. The Morgan fingerprint density at radius 1 is 1.25 bits per heavy atom. The van der Waals surface area contributed by atoms with Gasteiger partial charge < -0.3 is 5.32 Å². The number of carbonyl (C=O) groups is 1. The number of rotatable bonds is 8. The summed E-state index contributed by atoms with van der Waals surface area (Å²) in [5.41, 5.74) is 4.31. The fraction of sp³-hybridized carbons (Fsp3) is 0.444. The van der Waals surface area contributed by atoms with E-state index < -0.39 is 0 Å². The Kier molecular flexibility index (Phi) is 6.45. The minimum absolute atomic E-state index is 0.0845. The van der Waals surface area contributed by atoms with Gasteiger partial charge in [-0.1, -0.05) is 44.9 Å². The Labute approximate surface area is 189 Å². The predicted molar refractivity (Wildman–Crippen MR) is 131 cm³/mol. The van der Waals surface area contributed by atoms with E-state index in [0.29, 0.717) is 16.9 Å². The topological polar surface area (TPSA) is 64.0 Å². The largest absolute Gasteiger partial charge is 0.378 e. The molecule has 0 saturated heterocycles. The number of anilines is 1. The van der Waals surface area contributed by atoms with Gasteiger partial charge in [-0.3, -0.25) is 14.2 Å². The number of fused-ring (bicyclic) bond motifs is 2. The summed E-state index contributed by atoms with van der Waals surface area (Å²) in [6.07, 6.45) is 6.19. The lowest BCUT2D eigenvalue weighted by Gasteiger charge is -2.20. The van der Waals surface area contributed by atoms with Crippen molar-refractivity contribution in [3.8, 4) is 0 Å². The molecule has 2 heterocycles. The Bertz CT molecular complexity index is 1200. The van der Waals surface area contributed by atoms with Crippen molar-refractivity contribution in [2.24, 2.45) is 0 Å². The van der Waals surface area contributed by atoms with Gasteiger partial charge in [0, 0.05) is 28.8 Å². The number of carbonyl (C=O) groups excluding carboxylic acids is 1. The lowest BCUT2D eigenvalue weighted by molar-refractivity contribution is 0.112. The highest BCUT2D eigenvalue weighted by atomic mass is 16.1. The van der Waals surface area contributed by atoms with E-state index in [1.54, 1.807) is 6.07 Å². The number of hydrogen-bond acceptors (Lipinski definition) is 4. The molecule has 5 nitrogen and oxygen atoms in total. The van der Waals surface area contributed by atoms with Crippen LogP contribution in [0.5, 0.6) is 0 Å². The van der Waals surface area contributed by atoms with Crippen molar-refractivity contribution in [1.82, 2.24) is 9.55 Å². The van der Waals surface area contributed by atoms with Crippen LogP contribution in [-0.4, -0.2) is 15.8 Å². The van der Waals surface area contributed by atoms with E-state index in [-0.39, 0.29) is 17.6 Å². The summed E-state index contributed by atoms with van der Waals surface area (Å²) in [6.45, 7) is 8.45. The van der Waals surface area contributed by atoms with E-state index in [0.717, 1.165) is 66.5 Å². The standard InChI is InChI=1S/C27H33N3O2/c1-5-7-10-19-15-21(6-2)30-26(19)29-25-22(13-17(3)14-23(25)27(30)32)18(4)28-24-12-9-8-11-20(24)16-31/h8-9,11-14,16,18-19,21,28H,5-7,10,15H2,1-4H3. The zero-order chi connectivity index (χ0) is 22.8. The van der Waals surface area contributed by atoms with Crippen LogP contribution in [-0.2, 0) is 0 Å². The summed E-state index contributed by atoms with van der Waals surface area (Å²) in [5, 5.41) is 4.16. The Morgan fingerprint density at radius 2 is 2.03 bits per heavy atom. The quantitative estimate of drug-likeness (QED) is 0.424. The number of nitrogens with one attached hydrogen (secondary N) is 1. The van der Waals surface area contributed by atoms with E-state index in [9.17, 15) is 9.59 Å². The van der Waals surface area contributed by atoms with Crippen LogP contribution in [0.1, 0.15) is 98.2 Å². The molecular formula is C27H33N3O2. The molecule has 0 spiro atoms. The molecule has 0 aliphatic carbocycles. The minimum atomic E-state index is -0.106. The predicted octanol–water partition coefficient (Wildman–Crippen LogP) is 6.32. The number of benzene rings is 2. The summed E-state index contributed by atoms with van der Waals surface area (Å²) in [4.78, 5) is 30.3. The fourth-order valence-corrected chi connectivity index (χ4v) is 5.10. The number of aldehydes is 1. The van der Waals surface area contributed by atoms with Crippen LogP contribution < -0.4 is 10.9 Å². The number of nitrogens with zero attached hydrogens (tertiary/aromatic N) is 2. The summed E-state index contributed by atoms with van der Waals surface area (Å²) in [5.74, 6) is 1.29. The van der Waals surface area contributed by atoms with Crippen LogP contribution in [0.25, 0.3) is 10.9 Å². The van der Waals surface area contributed by atoms with E-state index in [1.165, 1.54) is 0 Å². The van der Waals surface area contributed by atoms with Crippen molar-refractivity contribution in [3.63, 3.8) is 0 Å². The van der Waals surface area contributed by atoms with E-state index in [1.807, 2.05) is 35.8 Å². The molecule has 32 heavy (non-hydrogen) atoms. The Hall–Kier alpha value is -2.95. The smallest absolute Gasteiger partial charge is 0.261 e. The number of hydrogen-bond donors (Lipinski definition) is 1. The molecule has 0 amide bonds. The van der Waals surface area contributed by atoms with Crippen molar-refractivity contribution in [1.29, 1.82) is 0 Å². The van der Waals surface area contributed by atoms with Gasteiger partial charge >= 0.3 is 0 Å². The molecule has 1 aliphatic rings. The average Bonchev–Trinajstić information content (AvgIpc) is 3.16. The maximum absolute atomic E-state index is 13.7. The highest BCUT2D eigenvalue weighted by molar-refractivity contribution is 5.86. The van der Waals surface area contributed by atoms with Crippen LogP contribution >= 0.6 is 0 Å². The van der Waals surface area contributed by atoms with Gasteiger partial charge in [0.05, 0.1) is 16.9 Å². The van der Waals surface area contributed by atoms with Gasteiger partial charge in [-0.2, -0.15) is 0 Å². The van der Waals surface area contributed by atoms with Crippen molar-refractivity contribution in [2.45, 2.75) is 77.8 Å². The summed E-state index contributed by atoms with van der Waals surface area (Å²) in [6, 6.07) is 11.7. The van der Waals surface area contributed by atoms with Gasteiger partial charge in [0.15, 0.2) is 6.29 Å². The van der Waals surface area contributed by atoms with Crippen LogP contribution in [0.15, 0.2) is 41.2 Å². The zero-order valence-corrected chi connectivity index (χ0v) is 19.5. The van der Waals surface area contributed by atoms with Gasteiger partial charge in [0.25, 0.3) is 5.56 Å². The summed E-state index contributed by atoms with van der Waals surface area (Å²) >= 11 is 0. The fourth-order valence-electron chi connectivity index (χ4n) is 5.10. The summed E-state index contributed by atoms with van der Waals surface area (Å²) < 4.78 is 1.98.